The van der Waals surface area contributed by atoms with E-state index in [0.717, 1.165) is 11.2 Å². The van der Waals surface area contributed by atoms with Crippen molar-refractivity contribution in [1.82, 2.24) is 9.72 Å². The van der Waals surface area contributed by atoms with Gasteiger partial charge in [0.05, 0.1) is 18.3 Å². The topological polar surface area (TPSA) is 83.6 Å². The zero-order valence-corrected chi connectivity index (χ0v) is 15.3. The van der Waals surface area contributed by atoms with Crippen LogP contribution in [0.3, 0.4) is 0 Å². The second-order valence-electron chi connectivity index (χ2n) is 6.18. The molecule has 136 valence electrons. The molecule has 8 heteroatoms. The van der Waals surface area contributed by atoms with Crippen LogP contribution in [0.25, 0.3) is 27.8 Å². The Bertz CT molecular complexity index is 1300. The van der Waals surface area contributed by atoms with Gasteiger partial charge in [0.15, 0.2) is 0 Å². The smallest absolute Gasteiger partial charge is 0.343 e. The molecule has 0 fully saturated rings. The molecule has 0 spiro atoms. The molecular weight excluding hydrogens is 368 g/mol. The van der Waals surface area contributed by atoms with Crippen molar-refractivity contribution >= 4 is 21.0 Å². The summed E-state index contributed by atoms with van der Waals surface area (Å²) in [7, 11) is -2.44. The standard InChI is InChI=1S/C19H14N2O5S/c1-11-16-17-18(27(22,23)26-19(16)20-25-11)14-5-3-4-6-15(14)21(17)12-7-9-13(24-2)10-8-12/h3-10H,1-2H3. The van der Waals surface area contributed by atoms with Crippen LogP contribution in [-0.4, -0.2) is 25.3 Å². The summed E-state index contributed by atoms with van der Waals surface area (Å²) in [5, 5.41) is 4.35. The molecule has 27 heavy (non-hydrogen) atoms. The summed E-state index contributed by atoms with van der Waals surface area (Å²) >= 11 is 0. The van der Waals surface area contributed by atoms with Gasteiger partial charge in [-0.3, -0.25) is 0 Å². The molecule has 0 unspecified atom stereocenters. The SMILES string of the molecule is COc1ccc(-n2c3c(c4ccccc42)S(=O)(=O)Oc2noc(C)c2-3)cc1. The molecule has 2 aromatic heterocycles. The van der Waals surface area contributed by atoms with Crippen LogP contribution in [0.15, 0.2) is 57.9 Å². The maximum Gasteiger partial charge on any atom is 0.343 e. The van der Waals surface area contributed by atoms with Gasteiger partial charge in [-0.1, -0.05) is 18.2 Å². The molecule has 4 aromatic rings. The van der Waals surface area contributed by atoms with E-state index < -0.39 is 10.1 Å². The quantitative estimate of drug-likeness (QED) is 0.492. The number of fused-ring (bicyclic) bond motifs is 5. The number of nitrogens with zero attached hydrogens (tertiary/aromatic N) is 2. The maximum atomic E-state index is 12.9. The first-order chi connectivity index (χ1) is 13.0. The molecule has 2 aromatic carbocycles. The number of methoxy groups -OCH3 is 1. The number of aryl methyl sites for hydroxylation is 1. The fraction of sp³-hybridized carbons (Fsp3) is 0.105. The van der Waals surface area contributed by atoms with E-state index in [1.807, 2.05) is 41.0 Å². The summed E-state index contributed by atoms with van der Waals surface area (Å²) in [5.41, 5.74) is 2.55. The molecule has 1 aliphatic heterocycles. The Balaban J connectivity index is 1.97. The maximum absolute atomic E-state index is 12.9. The van der Waals surface area contributed by atoms with E-state index in [-0.39, 0.29) is 10.8 Å². The summed E-state index contributed by atoms with van der Waals surface area (Å²) in [5.74, 6) is 1.15. The van der Waals surface area contributed by atoms with Crippen molar-refractivity contribution in [2.75, 3.05) is 7.11 Å². The lowest BCUT2D eigenvalue weighted by Gasteiger charge is -2.16. The number of benzene rings is 2. The van der Waals surface area contributed by atoms with Crippen molar-refractivity contribution in [3.63, 3.8) is 0 Å². The Morgan fingerprint density at radius 1 is 1.07 bits per heavy atom. The third kappa shape index (κ3) is 2.13. The van der Waals surface area contributed by atoms with E-state index in [9.17, 15) is 8.42 Å². The molecule has 3 heterocycles. The predicted octanol–water partition coefficient (Wildman–Crippen LogP) is 3.68. The molecular formula is C19H14N2O5S. The highest BCUT2D eigenvalue weighted by atomic mass is 32.2. The Morgan fingerprint density at radius 3 is 2.56 bits per heavy atom. The van der Waals surface area contributed by atoms with Crippen LogP contribution in [0, 0.1) is 6.92 Å². The first kappa shape index (κ1) is 16.0. The first-order valence-electron chi connectivity index (χ1n) is 8.20. The van der Waals surface area contributed by atoms with Crippen molar-refractivity contribution in [1.29, 1.82) is 0 Å². The fourth-order valence-corrected chi connectivity index (χ4v) is 4.79. The number of aromatic nitrogens is 2. The summed E-state index contributed by atoms with van der Waals surface area (Å²) in [6.45, 7) is 1.73. The first-order valence-corrected chi connectivity index (χ1v) is 9.61. The van der Waals surface area contributed by atoms with Crippen LogP contribution in [0.5, 0.6) is 11.6 Å². The van der Waals surface area contributed by atoms with E-state index in [0.29, 0.717) is 28.2 Å². The number of hydrogen-bond acceptors (Lipinski definition) is 6. The third-order valence-electron chi connectivity index (χ3n) is 4.67. The van der Waals surface area contributed by atoms with Crippen LogP contribution < -0.4 is 8.92 Å². The highest BCUT2D eigenvalue weighted by Gasteiger charge is 2.39. The van der Waals surface area contributed by atoms with Gasteiger partial charge in [-0.2, -0.15) is 8.42 Å². The van der Waals surface area contributed by atoms with Crippen LogP contribution in [0.2, 0.25) is 0 Å². The lowest BCUT2D eigenvalue weighted by molar-refractivity contribution is 0.369. The predicted molar refractivity (Wildman–Crippen MR) is 97.9 cm³/mol. The molecule has 0 bridgehead atoms. The molecule has 0 saturated heterocycles. The highest BCUT2D eigenvalue weighted by molar-refractivity contribution is 7.87. The van der Waals surface area contributed by atoms with Gasteiger partial charge in [0.25, 0.3) is 5.88 Å². The number of rotatable bonds is 2. The van der Waals surface area contributed by atoms with Crippen molar-refractivity contribution in [3.05, 3.63) is 54.3 Å². The largest absolute Gasteiger partial charge is 0.497 e. The molecule has 0 aliphatic carbocycles. The van der Waals surface area contributed by atoms with E-state index in [1.165, 1.54) is 0 Å². The fourth-order valence-electron chi connectivity index (χ4n) is 3.51. The van der Waals surface area contributed by atoms with Gasteiger partial charge in [-0.15, -0.1) is 0 Å². The second-order valence-corrected chi connectivity index (χ2v) is 7.67. The molecule has 7 nitrogen and oxygen atoms in total. The minimum Gasteiger partial charge on any atom is -0.497 e. The van der Waals surface area contributed by atoms with Crippen molar-refractivity contribution in [3.8, 4) is 28.6 Å². The molecule has 0 N–H and O–H groups in total. The van der Waals surface area contributed by atoms with Crippen LogP contribution in [0.4, 0.5) is 0 Å². The van der Waals surface area contributed by atoms with Crippen LogP contribution in [-0.2, 0) is 10.1 Å². The van der Waals surface area contributed by atoms with Crippen molar-refractivity contribution < 1.29 is 21.9 Å². The number of para-hydroxylation sites is 1. The Labute approximate surface area is 154 Å². The minimum absolute atomic E-state index is 0.0439. The lowest BCUT2D eigenvalue weighted by atomic mass is 10.1. The molecule has 1 aliphatic rings. The Morgan fingerprint density at radius 2 is 1.81 bits per heavy atom. The number of hydrogen-bond donors (Lipinski definition) is 0. The molecule has 0 saturated carbocycles. The van der Waals surface area contributed by atoms with E-state index in [4.69, 9.17) is 13.4 Å². The average molecular weight is 382 g/mol. The van der Waals surface area contributed by atoms with Crippen molar-refractivity contribution in [2.24, 2.45) is 0 Å². The van der Waals surface area contributed by atoms with Crippen LogP contribution in [0.1, 0.15) is 5.76 Å². The normalized spacial score (nSPS) is 14.4. The summed E-state index contributed by atoms with van der Waals surface area (Å²) < 4.78 is 43.3. The molecule has 5 rings (SSSR count). The Kier molecular flexibility index (Phi) is 3.17. The lowest BCUT2D eigenvalue weighted by Crippen LogP contribution is -2.16. The zero-order valence-electron chi connectivity index (χ0n) is 14.5. The van der Waals surface area contributed by atoms with Gasteiger partial charge in [0.2, 0.25) is 0 Å². The monoisotopic (exact) mass is 382 g/mol. The molecule has 0 atom stereocenters. The van der Waals surface area contributed by atoms with Crippen LogP contribution >= 0.6 is 0 Å². The van der Waals surface area contributed by atoms with E-state index in [2.05, 4.69) is 5.16 Å². The highest BCUT2D eigenvalue weighted by Crippen LogP contribution is 2.48. The van der Waals surface area contributed by atoms with Gasteiger partial charge in [-0.25, -0.2) is 0 Å². The minimum atomic E-state index is -4.04. The van der Waals surface area contributed by atoms with E-state index in [1.54, 1.807) is 26.2 Å². The van der Waals surface area contributed by atoms with E-state index >= 15 is 0 Å². The summed E-state index contributed by atoms with van der Waals surface area (Å²) in [6, 6.07) is 14.7. The summed E-state index contributed by atoms with van der Waals surface area (Å²) in [4.78, 5) is 0.118. The van der Waals surface area contributed by atoms with Gasteiger partial charge >= 0.3 is 10.1 Å². The molecule has 0 amide bonds. The van der Waals surface area contributed by atoms with Gasteiger partial charge in [0, 0.05) is 11.1 Å². The van der Waals surface area contributed by atoms with Gasteiger partial charge < -0.3 is 18.0 Å². The Hall–Kier alpha value is -3.26. The summed E-state index contributed by atoms with van der Waals surface area (Å²) in [6.07, 6.45) is 0. The van der Waals surface area contributed by atoms with Gasteiger partial charge in [0.1, 0.15) is 22.0 Å². The average Bonchev–Trinajstić information content (AvgIpc) is 3.19. The zero-order chi connectivity index (χ0) is 18.8. The molecule has 0 radical (unpaired) electrons. The van der Waals surface area contributed by atoms with Gasteiger partial charge in [-0.05, 0) is 42.4 Å². The third-order valence-corrected chi connectivity index (χ3v) is 5.96. The van der Waals surface area contributed by atoms with Crippen molar-refractivity contribution in [2.45, 2.75) is 11.8 Å². The number of ether oxygens (including phenoxy) is 1. The second kappa shape index (κ2) is 5.37.